The van der Waals surface area contributed by atoms with E-state index in [0.29, 0.717) is 5.76 Å². The molecule has 1 aliphatic heterocycles. The number of hydrogen-bond acceptors (Lipinski definition) is 17. The molecule has 0 aromatic heterocycles. The molecule has 1 heterocycles. The number of allylic oxidation sites excluding steroid dienone is 2. The van der Waals surface area contributed by atoms with E-state index >= 15 is 0 Å². The highest BCUT2D eigenvalue weighted by molar-refractivity contribution is 5.99. The standard InChI is InChI=1S/C47H80N14O15/c1-9-22(6)31-44(73)59-32(23(7)63)43(72)53-18-29(64)57-35(37(66)38(49)67)46(75)56-28(19-62)41(70)60-33(24-12-14-25(76-8)15-13-24)30(48)42(71)61-34(36(65)21(4)5)45(74)55-27(17-20(2)3)40(69)54-26(39(68)58-31)11-10-16-52-47(50)51/h12,14-15,20-24,26-28,30-37,62-63,65-66H,9-11,13,16-19,48H2,1-8H3,(H2,49,67)(H,53,72)(H,54,69)(H,55,74)(H,56,75)(H,57,64)(H,58,68)(H,59,73)(H,60,70)(H,61,71)(H4,50,51,52). The maximum Gasteiger partial charge on any atom is 0.248 e. The Kier molecular flexibility index (Phi) is 26.7. The molecule has 428 valence electrons. The van der Waals surface area contributed by atoms with Crippen LogP contribution in [0.25, 0.3) is 0 Å². The third-order valence-electron chi connectivity index (χ3n) is 12.6. The zero-order valence-electron chi connectivity index (χ0n) is 44.2. The Morgan fingerprint density at radius 3 is 1.79 bits per heavy atom. The number of guanidine groups is 1. The maximum atomic E-state index is 14.4. The van der Waals surface area contributed by atoms with Gasteiger partial charge in [0.1, 0.15) is 54.1 Å². The van der Waals surface area contributed by atoms with E-state index in [0.717, 1.165) is 6.92 Å². The molecule has 0 saturated carbocycles. The van der Waals surface area contributed by atoms with Gasteiger partial charge in [-0.15, -0.1) is 0 Å². The molecule has 2 rings (SSSR count). The van der Waals surface area contributed by atoms with Gasteiger partial charge in [-0.05, 0) is 62.5 Å². The Bertz CT molecular complexity index is 2150. The second-order valence-corrected chi connectivity index (χ2v) is 19.5. The summed E-state index contributed by atoms with van der Waals surface area (Å²) >= 11 is 0. The number of rotatable bonds is 16. The highest BCUT2D eigenvalue weighted by Crippen LogP contribution is 2.23. The molecule has 76 heavy (non-hydrogen) atoms. The molecule has 1 fully saturated rings. The molecule has 29 nitrogen and oxygen atoms in total. The third kappa shape index (κ3) is 20.0. The molecule has 1 aliphatic carbocycles. The fraction of sp³-hybridized carbons (Fsp3) is 0.681. The molecule has 14 atom stereocenters. The number of primary amides is 1. The summed E-state index contributed by atoms with van der Waals surface area (Å²) < 4.78 is 5.27. The Balaban J connectivity index is 2.87. The van der Waals surface area contributed by atoms with Crippen molar-refractivity contribution in [1.29, 1.82) is 0 Å². The molecule has 2 aliphatic rings. The number of nitrogens with two attached hydrogens (primary N) is 4. The summed E-state index contributed by atoms with van der Waals surface area (Å²) in [5.74, 6) is -13.9. The smallest absolute Gasteiger partial charge is 0.248 e. The van der Waals surface area contributed by atoms with Crippen molar-refractivity contribution in [2.24, 2.45) is 51.6 Å². The lowest BCUT2D eigenvalue weighted by Gasteiger charge is -2.34. The predicted octanol–water partition coefficient (Wildman–Crippen LogP) is -7.19. The molecule has 1 saturated heterocycles. The van der Waals surface area contributed by atoms with Gasteiger partial charge in [-0.25, -0.2) is 0 Å². The second-order valence-electron chi connectivity index (χ2n) is 19.5. The molecule has 21 N–H and O–H groups in total. The first-order valence-corrected chi connectivity index (χ1v) is 25.0. The molecule has 0 bridgehead atoms. The minimum atomic E-state index is -2.48. The van der Waals surface area contributed by atoms with Crippen molar-refractivity contribution in [3.8, 4) is 0 Å². The van der Waals surface area contributed by atoms with Crippen molar-refractivity contribution in [2.45, 2.75) is 153 Å². The Morgan fingerprint density at radius 1 is 0.711 bits per heavy atom. The quantitative estimate of drug-likeness (QED) is 0.0388. The molecule has 10 amide bonds. The molecule has 14 unspecified atom stereocenters. The summed E-state index contributed by atoms with van der Waals surface area (Å²) in [6.07, 6.45) is -0.846. The Hall–Kier alpha value is -6.95. The minimum absolute atomic E-state index is 0.00269. The van der Waals surface area contributed by atoms with Crippen LogP contribution in [0.15, 0.2) is 29.0 Å². The number of nitrogens with zero attached hydrogens (tertiary/aromatic N) is 1. The number of amides is 10. The summed E-state index contributed by atoms with van der Waals surface area (Å²) in [5, 5.41) is 64.5. The van der Waals surface area contributed by atoms with Crippen LogP contribution in [0.4, 0.5) is 0 Å². The lowest BCUT2D eigenvalue weighted by atomic mass is 9.86. The van der Waals surface area contributed by atoms with E-state index < -0.39 is 163 Å². The normalized spacial score (nSPS) is 28.1. The SMILES string of the molecule is CCC(C)C1NC(=O)C(CCCN=C(N)N)NC(=O)C(CC(C)C)NC(=O)C(C(O)C(C)C)NC(=O)C(N)C(C2C=CC(OC)=CC2)NC(=O)C(CO)NC(=O)C(C(O)C(N)=O)NC(=O)CNC(=O)C(C(C)O)NC1=O. The van der Waals surface area contributed by atoms with Crippen LogP contribution in [0.1, 0.15) is 80.6 Å². The summed E-state index contributed by atoms with van der Waals surface area (Å²) in [7, 11) is 1.40. The molecule has 0 radical (unpaired) electrons. The average Bonchev–Trinajstić information content (AvgIpc) is 3.36. The number of ether oxygens (including phenoxy) is 1. The molecular weight excluding hydrogens is 1000 g/mol. The van der Waals surface area contributed by atoms with Crippen LogP contribution >= 0.6 is 0 Å². The number of aliphatic hydroxyl groups excluding tert-OH is 4. The van der Waals surface area contributed by atoms with Crippen LogP contribution in [-0.4, -0.2) is 185 Å². The van der Waals surface area contributed by atoms with Gasteiger partial charge in [0.05, 0.1) is 38.5 Å². The van der Waals surface area contributed by atoms with Crippen LogP contribution in [0.5, 0.6) is 0 Å². The summed E-state index contributed by atoms with van der Waals surface area (Å²) in [6, 6.07) is -15.4. The Labute approximate surface area is 440 Å². The van der Waals surface area contributed by atoms with Crippen molar-refractivity contribution in [2.75, 3.05) is 26.8 Å². The topological polar surface area (TPSA) is 486 Å². The number of nitrogens with one attached hydrogen (secondary N) is 9. The van der Waals surface area contributed by atoms with Gasteiger partial charge < -0.3 is 95.9 Å². The summed E-state index contributed by atoms with van der Waals surface area (Å²) in [4.78, 5) is 142. The highest BCUT2D eigenvalue weighted by Gasteiger charge is 2.41. The van der Waals surface area contributed by atoms with Crippen LogP contribution in [0.2, 0.25) is 0 Å². The molecule has 0 aromatic rings. The van der Waals surface area contributed by atoms with Gasteiger partial charge >= 0.3 is 0 Å². The van der Waals surface area contributed by atoms with E-state index in [1.165, 1.54) is 27.0 Å². The fourth-order valence-electron chi connectivity index (χ4n) is 7.89. The van der Waals surface area contributed by atoms with Crippen molar-refractivity contribution in [3.63, 3.8) is 0 Å². The number of carbonyl (C=O) groups is 10. The highest BCUT2D eigenvalue weighted by atomic mass is 16.5. The predicted molar refractivity (Wildman–Crippen MR) is 272 cm³/mol. The van der Waals surface area contributed by atoms with Crippen LogP contribution in [0, 0.1) is 23.7 Å². The second kappa shape index (κ2) is 31.2. The number of hydrogen-bond donors (Lipinski definition) is 17. The first-order chi connectivity index (χ1) is 35.6. The lowest BCUT2D eigenvalue weighted by Crippen LogP contribution is -2.66. The summed E-state index contributed by atoms with van der Waals surface area (Å²) in [5.41, 5.74) is 22.8. The van der Waals surface area contributed by atoms with Gasteiger partial charge in [-0.1, -0.05) is 54.0 Å². The van der Waals surface area contributed by atoms with Gasteiger partial charge in [0.25, 0.3) is 0 Å². The van der Waals surface area contributed by atoms with Crippen LogP contribution < -0.4 is 70.8 Å². The van der Waals surface area contributed by atoms with Crippen molar-refractivity contribution < 1.29 is 73.1 Å². The monoisotopic (exact) mass is 1080 g/mol. The summed E-state index contributed by atoms with van der Waals surface area (Å²) in [6.45, 7) is 8.77. The lowest BCUT2D eigenvalue weighted by molar-refractivity contribution is -0.140. The zero-order valence-corrected chi connectivity index (χ0v) is 44.2. The average molecular weight is 1080 g/mol. The van der Waals surface area contributed by atoms with E-state index in [1.54, 1.807) is 39.8 Å². The number of aliphatic imine (C=N–C) groups is 1. The van der Waals surface area contributed by atoms with Gasteiger partial charge in [-0.3, -0.25) is 52.9 Å². The number of carbonyl (C=O) groups excluding carboxylic acids is 10. The number of aliphatic hydroxyl groups is 4. The maximum absolute atomic E-state index is 14.4. The molecular formula is C47H80N14O15. The van der Waals surface area contributed by atoms with Crippen LogP contribution in [0.3, 0.4) is 0 Å². The van der Waals surface area contributed by atoms with E-state index in [9.17, 15) is 68.4 Å². The van der Waals surface area contributed by atoms with E-state index in [4.69, 9.17) is 27.7 Å². The fourth-order valence-corrected chi connectivity index (χ4v) is 7.89. The van der Waals surface area contributed by atoms with Gasteiger partial charge in [-0.2, -0.15) is 0 Å². The van der Waals surface area contributed by atoms with Crippen molar-refractivity contribution in [3.05, 3.63) is 24.0 Å². The van der Waals surface area contributed by atoms with E-state index in [-0.39, 0.29) is 50.5 Å². The van der Waals surface area contributed by atoms with E-state index in [1.807, 2.05) is 5.32 Å². The van der Waals surface area contributed by atoms with Gasteiger partial charge in [0.15, 0.2) is 12.1 Å². The van der Waals surface area contributed by atoms with Crippen LogP contribution in [-0.2, 0) is 52.7 Å². The first kappa shape index (κ1) is 65.2. The largest absolute Gasteiger partial charge is 0.497 e. The van der Waals surface area contributed by atoms with Crippen molar-refractivity contribution in [1.82, 2.24) is 47.9 Å². The molecule has 0 spiro atoms. The molecule has 0 aromatic carbocycles. The van der Waals surface area contributed by atoms with E-state index in [2.05, 4.69) is 47.5 Å². The van der Waals surface area contributed by atoms with Gasteiger partial charge in [0, 0.05) is 12.5 Å². The minimum Gasteiger partial charge on any atom is -0.497 e. The number of methoxy groups -OCH3 is 1. The zero-order chi connectivity index (χ0) is 57.7. The first-order valence-electron chi connectivity index (χ1n) is 25.0. The van der Waals surface area contributed by atoms with Crippen molar-refractivity contribution >= 4 is 65.0 Å². The molecule has 29 heteroatoms. The Morgan fingerprint density at radius 2 is 1.26 bits per heavy atom. The van der Waals surface area contributed by atoms with Gasteiger partial charge in [0.2, 0.25) is 59.1 Å². The third-order valence-corrected chi connectivity index (χ3v) is 12.6.